The molecule has 0 radical (unpaired) electrons. The number of aryl methyl sites for hydroxylation is 1. The van der Waals surface area contributed by atoms with Crippen LogP contribution >= 0.6 is 0 Å². The zero-order chi connectivity index (χ0) is 13.2. The molecule has 1 rings (SSSR count). The number of nitrogens with two attached hydrogens (primary N) is 1. The smallest absolute Gasteiger partial charge is 0.320 e. The van der Waals surface area contributed by atoms with Crippen LogP contribution in [0.1, 0.15) is 11.1 Å². The second-order valence-corrected chi connectivity index (χ2v) is 3.68. The highest BCUT2D eigenvalue weighted by Gasteiger charge is 2.21. The summed E-state index contributed by atoms with van der Waals surface area (Å²) in [4.78, 5) is 10.6. The van der Waals surface area contributed by atoms with E-state index in [1.165, 1.54) is 13.2 Å². The molecule has 0 saturated carbocycles. The summed E-state index contributed by atoms with van der Waals surface area (Å²) in [5, 5.41) is 18.5. The van der Waals surface area contributed by atoms with E-state index in [4.69, 9.17) is 15.6 Å². The Morgan fingerprint density at radius 2 is 2.24 bits per heavy atom. The fourth-order valence-corrected chi connectivity index (χ4v) is 1.54. The van der Waals surface area contributed by atoms with Gasteiger partial charge in [0.2, 0.25) is 0 Å². The Kier molecular flexibility index (Phi) is 3.90. The van der Waals surface area contributed by atoms with Crippen molar-refractivity contribution >= 4 is 5.97 Å². The number of halogens is 1. The molecule has 0 saturated heterocycles. The summed E-state index contributed by atoms with van der Waals surface area (Å²) >= 11 is 0. The molecule has 94 valence electrons. The maximum Gasteiger partial charge on any atom is 0.320 e. The number of aliphatic carboxylic acids is 1. The van der Waals surface area contributed by atoms with Crippen molar-refractivity contribution in [3.8, 4) is 11.5 Å². The van der Waals surface area contributed by atoms with E-state index in [1.54, 1.807) is 6.92 Å². The van der Waals surface area contributed by atoms with E-state index in [-0.39, 0.29) is 17.7 Å². The Morgan fingerprint density at radius 3 is 2.71 bits per heavy atom. The quantitative estimate of drug-likeness (QED) is 0.727. The van der Waals surface area contributed by atoms with E-state index in [2.05, 4.69) is 0 Å². The van der Waals surface area contributed by atoms with Crippen molar-refractivity contribution in [2.75, 3.05) is 7.11 Å². The first-order valence-corrected chi connectivity index (χ1v) is 4.91. The highest BCUT2D eigenvalue weighted by atomic mass is 19.1. The Hall–Kier alpha value is -1.82. The van der Waals surface area contributed by atoms with Gasteiger partial charge in [0.1, 0.15) is 6.04 Å². The standard InChI is InChI=1S/C11H14FNO4/c1-5-3-7(12)10(17-2)9(14)6(5)4-8(13)11(15)16/h3,8,14H,4,13H2,1-2H3,(H,15,16). The summed E-state index contributed by atoms with van der Waals surface area (Å²) in [6.07, 6.45) is -0.0936. The predicted molar refractivity (Wildman–Crippen MR) is 58.7 cm³/mol. The van der Waals surface area contributed by atoms with Crippen molar-refractivity contribution < 1.29 is 24.1 Å². The lowest BCUT2D eigenvalue weighted by molar-refractivity contribution is -0.138. The van der Waals surface area contributed by atoms with Crippen molar-refractivity contribution in [1.29, 1.82) is 0 Å². The molecule has 1 aromatic carbocycles. The van der Waals surface area contributed by atoms with Crippen molar-refractivity contribution in [1.82, 2.24) is 0 Å². The predicted octanol–water partition coefficient (Wildman–Crippen LogP) is 0.803. The summed E-state index contributed by atoms with van der Waals surface area (Å²) in [5.74, 6) is -2.59. The van der Waals surface area contributed by atoms with E-state index in [0.29, 0.717) is 5.56 Å². The van der Waals surface area contributed by atoms with Gasteiger partial charge >= 0.3 is 5.97 Å². The third-order valence-corrected chi connectivity index (χ3v) is 2.48. The number of aromatic hydroxyl groups is 1. The molecule has 17 heavy (non-hydrogen) atoms. The summed E-state index contributed by atoms with van der Waals surface area (Å²) in [6, 6.07) is 0.0115. The van der Waals surface area contributed by atoms with Crippen LogP contribution in [0.2, 0.25) is 0 Å². The molecule has 6 heteroatoms. The summed E-state index contributed by atoms with van der Waals surface area (Å²) in [7, 11) is 1.22. The van der Waals surface area contributed by atoms with E-state index < -0.39 is 23.6 Å². The number of carboxylic acids is 1. The normalized spacial score (nSPS) is 12.2. The van der Waals surface area contributed by atoms with Gasteiger partial charge in [0, 0.05) is 12.0 Å². The number of phenols is 1. The zero-order valence-electron chi connectivity index (χ0n) is 9.53. The van der Waals surface area contributed by atoms with Gasteiger partial charge in [0.05, 0.1) is 7.11 Å². The van der Waals surface area contributed by atoms with Crippen molar-refractivity contribution in [2.45, 2.75) is 19.4 Å². The first-order chi connectivity index (χ1) is 7.88. The second-order valence-electron chi connectivity index (χ2n) is 3.68. The van der Waals surface area contributed by atoms with Crippen molar-refractivity contribution in [3.05, 3.63) is 23.0 Å². The van der Waals surface area contributed by atoms with Gasteiger partial charge in [-0.3, -0.25) is 4.79 Å². The minimum absolute atomic E-state index is 0.0936. The minimum atomic E-state index is -1.19. The lowest BCUT2D eigenvalue weighted by Gasteiger charge is -2.14. The van der Waals surface area contributed by atoms with Gasteiger partial charge in [-0.2, -0.15) is 0 Å². The van der Waals surface area contributed by atoms with Crippen LogP contribution in [0.15, 0.2) is 6.07 Å². The topological polar surface area (TPSA) is 92.8 Å². The Balaban J connectivity index is 3.20. The number of methoxy groups -OCH3 is 1. The molecule has 5 nitrogen and oxygen atoms in total. The first-order valence-electron chi connectivity index (χ1n) is 4.91. The van der Waals surface area contributed by atoms with Gasteiger partial charge < -0.3 is 20.7 Å². The van der Waals surface area contributed by atoms with Crippen LogP contribution in [0, 0.1) is 12.7 Å². The van der Waals surface area contributed by atoms with Crippen LogP contribution in [0.4, 0.5) is 4.39 Å². The molecule has 1 aromatic rings. The molecule has 0 bridgehead atoms. The fourth-order valence-electron chi connectivity index (χ4n) is 1.54. The van der Waals surface area contributed by atoms with Gasteiger partial charge in [0.15, 0.2) is 17.3 Å². The maximum absolute atomic E-state index is 13.4. The number of carboxylic acid groups (broad SMARTS) is 1. The zero-order valence-corrected chi connectivity index (χ0v) is 9.53. The number of rotatable bonds is 4. The third kappa shape index (κ3) is 2.65. The molecule has 0 spiro atoms. The van der Waals surface area contributed by atoms with Gasteiger partial charge in [0.25, 0.3) is 0 Å². The van der Waals surface area contributed by atoms with Crippen LogP contribution < -0.4 is 10.5 Å². The van der Waals surface area contributed by atoms with E-state index in [1.807, 2.05) is 0 Å². The molecule has 0 aliphatic carbocycles. The number of carbonyl (C=O) groups is 1. The Labute approximate surface area is 97.6 Å². The number of ether oxygens (including phenoxy) is 1. The number of hydrogen-bond donors (Lipinski definition) is 3. The molecule has 0 aliphatic heterocycles. The first kappa shape index (κ1) is 13.2. The van der Waals surface area contributed by atoms with Gasteiger partial charge in [-0.1, -0.05) is 0 Å². The van der Waals surface area contributed by atoms with Crippen LogP contribution in [0.25, 0.3) is 0 Å². The SMILES string of the molecule is COc1c(F)cc(C)c(CC(N)C(=O)O)c1O. The van der Waals surface area contributed by atoms with Gasteiger partial charge in [-0.05, 0) is 18.6 Å². The van der Waals surface area contributed by atoms with E-state index >= 15 is 0 Å². The number of phenolic OH excluding ortho intramolecular Hbond substituents is 1. The average Bonchev–Trinajstić information content (AvgIpc) is 2.24. The lowest BCUT2D eigenvalue weighted by atomic mass is 9.99. The highest BCUT2D eigenvalue weighted by molar-refractivity contribution is 5.74. The lowest BCUT2D eigenvalue weighted by Crippen LogP contribution is -2.32. The number of benzene rings is 1. The molecule has 4 N–H and O–H groups in total. The largest absolute Gasteiger partial charge is 0.504 e. The summed E-state index contributed by atoms with van der Waals surface area (Å²) in [5.41, 5.74) is 6.07. The van der Waals surface area contributed by atoms with Crippen molar-refractivity contribution in [3.63, 3.8) is 0 Å². The minimum Gasteiger partial charge on any atom is -0.504 e. The maximum atomic E-state index is 13.4. The summed E-state index contributed by atoms with van der Waals surface area (Å²) in [6.45, 7) is 1.56. The highest BCUT2D eigenvalue weighted by Crippen LogP contribution is 2.35. The number of hydrogen-bond acceptors (Lipinski definition) is 4. The van der Waals surface area contributed by atoms with Crippen LogP contribution in [0.5, 0.6) is 11.5 Å². The molecule has 0 amide bonds. The molecule has 0 fully saturated rings. The van der Waals surface area contributed by atoms with Gasteiger partial charge in [-0.25, -0.2) is 4.39 Å². The van der Waals surface area contributed by atoms with E-state index in [9.17, 15) is 14.3 Å². The molecule has 0 aromatic heterocycles. The van der Waals surface area contributed by atoms with Crippen LogP contribution in [0.3, 0.4) is 0 Å². The van der Waals surface area contributed by atoms with Crippen LogP contribution in [-0.4, -0.2) is 29.3 Å². The Morgan fingerprint density at radius 1 is 1.65 bits per heavy atom. The molecule has 1 unspecified atom stereocenters. The third-order valence-electron chi connectivity index (χ3n) is 2.48. The molecular formula is C11H14FNO4. The van der Waals surface area contributed by atoms with E-state index in [0.717, 1.165) is 0 Å². The van der Waals surface area contributed by atoms with Crippen molar-refractivity contribution in [2.24, 2.45) is 5.73 Å². The monoisotopic (exact) mass is 243 g/mol. The fraction of sp³-hybridized carbons (Fsp3) is 0.364. The molecule has 0 heterocycles. The second kappa shape index (κ2) is 5.01. The molecular weight excluding hydrogens is 229 g/mol. The summed E-state index contributed by atoms with van der Waals surface area (Å²) < 4.78 is 18.1. The van der Waals surface area contributed by atoms with Gasteiger partial charge in [-0.15, -0.1) is 0 Å². The molecule has 0 aliphatic rings. The Bertz CT molecular complexity index is 448. The average molecular weight is 243 g/mol. The van der Waals surface area contributed by atoms with Crippen LogP contribution in [-0.2, 0) is 11.2 Å². The molecule has 1 atom stereocenters.